The number of aliphatic carboxylic acids is 1. The van der Waals surface area contributed by atoms with E-state index in [2.05, 4.69) is 4.74 Å². The predicted molar refractivity (Wildman–Crippen MR) is 54.4 cm³/mol. The van der Waals surface area contributed by atoms with E-state index in [4.69, 9.17) is 5.11 Å². The third kappa shape index (κ3) is 3.24. The number of para-hydroxylation sites is 1. The van der Waals surface area contributed by atoms with Gasteiger partial charge in [0, 0.05) is 11.1 Å². The molecule has 17 heavy (non-hydrogen) atoms. The number of halogens is 3. The lowest BCUT2D eigenvalue weighted by molar-refractivity contribution is -0.134. The average Bonchev–Trinajstić information content (AvgIpc) is 2.27. The van der Waals surface area contributed by atoms with Gasteiger partial charge >= 0.3 is 12.6 Å². The van der Waals surface area contributed by atoms with Crippen LogP contribution in [0.4, 0.5) is 13.2 Å². The van der Waals surface area contributed by atoms with Crippen molar-refractivity contribution < 1.29 is 27.8 Å². The van der Waals surface area contributed by atoms with Crippen LogP contribution < -0.4 is 4.74 Å². The fourth-order valence-electron chi connectivity index (χ4n) is 1.25. The van der Waals surface area contributed by atoms with Crippen LogP contribution in [0.25, 0.3) is 5.57 Å². The smallest absolute Gasteiger partial charge is 0.387 e. The zero-order chi connectivity index (χ0) is 13.0. The maximum atomic E-state index is 13.2. The molecule has 0 aromatic heterocycles. The molecule has 0 aliphatic carbocycles. The second-order valence-electron chi connectivity index (χ2n) is 3.12. The standard InChI is InChI=1S/C11H9F3O3/c1-6(9(12)10(15)16)7-4-2-3-5-8(7)17-11(13)14/h2-5,11H,1H3,(H,15,16). The Balaban J connectivity index is 3.22. The summed E-state index contributed by atoms with van der Waals surface area (Å²) < 4.78 is 41.5. The molecular weight excluding hydrogens is 237 g/mol. The minimum atomic E-state index is -3.06. The molecule has 0 aliphatic rings. The second kappa shape index (κ2) is 5.38. The lowest BCUT2D eigenvalue weighted by Gasteiger charge is -2.10. The van der Waals surface area contributed by atoms with Gasteiger partial charge in [-0.2, -0.15) is 13.2 Å². The number of carbonyl (C=O) groups is 1. The van der Waals surface area contributed by atoms with E-state index in [1.165, 1.54) is 31.2 Å². The first kappa shape index (κ1) is 13.1. The summed E-state index contributed by atoms with van der Waals surface area (Å²) in [5.41, 5.74) is -0.290. The van der Waals surface area contributed by atoms with Crippen LogP contribution >= 0.6 is 0 Å². The maximum absolute atomic E-state index is 13.2. The number of alkyl halides is 2. The Kier molecular flexibility index (Phi) is 4.14. The largest absolute Gasteiger partial charge is 0.476 e. The summed E-state index contributed by atoms with van der Waals surface area (Å²) >= 11 is 0. The lowest BCUT2D eigenvalue weighted by Crippen LogP contribution is -2.05. The van der Waals surface area contributed by atoms with Crippen molar-refractivity contribution in [1.82, 2.24) is 0 Å². The van der Waals surface area contributed by atoms with Crippen LogP contribution in [-0.4, -0.2) is 17.7 Å². The molecule has 3 nitrogen and oxygen atoms in total. The van der Waals surface area contributed by atoms with Gasteiger partial charge in [0.2, 0.25) is 5.83 Å². The van der Waals surface area contributed by atoms with E-state index >= 15 is 0 Å². The summed E-state index contributed by atoms with van der Waals surface area (Å²) in [5.74, 6) is -3.43. The highest BCUT2D eigenvalue weighted by molar-refractivity contribution is 5.94. The van der Waals surface area contributed by atoms with Crippen molar-refractivity contribution in [3.8, 4) is 5.75 Å². The topological polar surface area (TPSA) is 46.5 Å². The van der Waals surface area contributed by atoms with Gasteiger partial charge in [-0.3, -0.25) is 0 Å². The molecule has 1 aromatic carbocycles. The number of benzene rings is 1. The molecule has 0 radical (unpaired) electrons. The number of ether oxygens (including phenoxy) is 1. The summed E-state index contributed by atoms with van der Waals surface area (Å²) in [4.78, 5) is 10.4. The van der Waals surface area contributed by atoms with E-state index in [1.54, 1.807) is 0 Å². The number of allylic oxidation sites excluding steroid dienone is 1. The zero-order valence-corrected chi connectivity index (χ0v) is 8.78. The van der Waals surface area contributed by atoms with E-state index in [0.29, 0.717) is 0 Å². The monoisotopic (exact) mass is 246 g/mol. The molecule has 1 N–H and O–H groups in total. The minimum Gasteiger partial charge on any atom is -0.476 e. The Hall–Kier alpha value is -1.98. The Morgan fingerprint density at radius 3 is 2.47 bits per heavy atom. The first-order valence-corrected chi connectivity index (χ1v) is 4.57. The molecule has 0 spiro atoms. The van der Waals surface area contributed by atoms with E-state index < -0.39 is 18.4 Å². The first-order chi connectivity index (χ1) is 7.93. The maximum Gasteiger partial charge on any atom is 0.387 e. The number of hydrogen-bond donors (Lipinski definition) is 1. The van der Waals surface area contributed by atoms with Crippen molar-refractivity contribution in [2.75, 3.05) is 0 Å². The number of carboxylic acids is 1. The van der Waals surface area contributed by atoms with E-state index in [1.807, 2.05) is 0 Å². The van der Waals surface area contributed by atoms with Crippen molar-refractivity contribution >= 4 is 11.5 Å². The van der Waals surface area contributed by atoms with Gasteiger partial charge in [0.05, 0.1) is 0 Å². The van der Waals surface area contributed by atoms with Gasteiger partial charge in [-0.1, -0.05) is 18.2 Å². The first-order valence-electron chi connectivity index (χ1n) is 4.57. The third-order valence-electron chi connectivity index (χ3n) is 2.02. The molecule has 0 unspecified atom stereocenters. The molecule has 0 atom stereocenters. The van der Waals surface area contributed by atoms with Crippen LogP contribution in [0.3, 0.4) is 0 Å². The highest BCUT2D eigenvalue weighted by atomic mass is 19.3. The zero-order valence-electron chi connectivity index (χ0n) is 8.78. The van der Waals surface area contributed by atoms with Crippen LogP contribution in [0.5, 0.6) is 5.75 Å². The van der Waals surface area contributed by atoms with Gasteiger partial charge in [0.25, 0.3) is 0 Å². The number of hydrogen-bond acceptors (Lipinski definition) is 2. The minimum absolute atomic E-state index is 0.0206. The molecule has 0 saturated carbocycles. The fraction of sp³-hybridized carbons (Fsp3) is 0.182. The van der Waals surface area contributed by atoms with Crippen LogP contribution in [0.15, 0.2) is 30.1 Å². The quantitative estimate of drug-likeness (QED) is 0.830. The molecule has 1 aromatic rings. The Labute approximate surface area is 95.1 Å². The van der Waals surface area contributed by atoms with Crippen LogP contribution in [0, 0.1) is 0 Å². The number of carboxylic acid groups (broad SMARTS) is 1. The van der Waals surface area contributed by atoms with Crippen molar-refractivity contribution in [2.24, 2.45) is 0 Å². The highest BCUT2D eigenvalue weighted by Gasteiger charge is 2.16. The van der Waals surface area contributed by atoms with Crippen molar-refractivity contribution in [3.63, 3.8) is 0 Å². The molecule has 0 aliphatic heterocycles. The van der Waals surface area contributed by atoms with Gasteiger partial charge in [0.15, 0.2) is 0 Å². The average molecular weight is 246 g/mol. The van der Waals surface area contributed by atoms with Gasteiger partial charge in [-0.25, -0.2) is 4.79 Å². The Bertz CT molecular complexity index is 455. The summed E-state index contributed by atoms with van der Waals surface area (Å²) in [7, 11) is 0. The van der Waals surface area contributed by atoms with Crippen LogP contribution in [0.1, 0.15) is 12.5 Å². The normalized spacial score (nSPS) is 12.3. The molecular formula is C11H9F3O3. The highest BCUT2D eigenvalue weighted by Crippen LogP contribution is 2.29. The summed E-state index contributed by atoms with van der Waals surface area (Å²) in [6, 6.07) is 5.40. The van der Waals surface area contributed by atoms with Crippen molar-refractivity contribution in [3.05, 3.63) is 35.7 Å². The molecule has 0 amide bonds. The third-order valence-corrected chi connectivity index (χ3v) is 2.02. The lowest BCUT2D eigenvalue weighted by atomic mass is 10.1. The van der Waals surface area contributed by atoms with Gasteiger partial charge in [-0.05, 0) is 13.0 Å². The van der Waals surface area contributed by atoms with E-state index in [0.717, 1.165) is 0 Å². The Morgan fingerprint density at radius 2 is 1.94 bits per heavy atom. The van der Waals surface area contributed by atoms with Gasteiger partial charge in [0.1, 0.15) is 5.75 Å². The summed E-state index contributed by atoms with van der Waals surface area (Å²) in [5, 5.41) is 8.46. The SMILES string of the molecule is CC(=C(F)C(=O)O)c1ccccc1OC(F)F. The molecule has 0 fully saturated rings. The van der Waals surface area contributed by atoms with Gasteiger partial charge in [-0.15, -0.1) is 0 Å². The van der Waals surface area contributed by atoms with Crippen molar-refractivity contribution in [2.45, 2.75) is 13.5 Å². The fourth-order valence-corrected chi connectivity index (χ4v) is 1.25. The molecule has 6 heteroatoms. The molecule has 92 valence electrons. The van der Waals surface area contributed by atoms with Crippen LogP contribution in [0.2, 0.25) is 0 Å². The van der Waals surface area contributed by atoms with Gasteiger partial charge < -0.3 is 9.84 Å². The molecule has 0 heterocycles. The summed E-state index contributed by atoms with van der Waals surface area (Å²) in [6.07, 6.45) is 0. The predicted octanol–water partition coefficient (Wildman–Crippen LogP) is 3.07. The second-order valence-corrected chi connectivity index (χ2v) is 3.12. The Morgan fingerprint density at radius 1 is 1.35 bits per heavy atom. The van der Waals surface area contributed by atoms with E-state index in [9.17, 15) is 18.0 Å². The van der Waals surface area contributed by atoms with E-state index in [-0.39, 0.29) is 16.9 Å². The van der Waals surface area contributed by atoms with Crippen LogP contribution in [-0.2, 0) is 4.79 Å². The molecule has 0 bridgehead atoms. The number of rotatable bonds is 4. The van der Waals surface area contributed by atoms with Crippen molar-refractivity contribution in [1.29, 1.82) is 0 Å². The summed E-state index contributed by atoms with van der Waals surface area (Å²) in [6.45, 7) is -1.88. The molecule has 1 rings (SSSR count). The molecule has 0 saturated heterocycles.